The van der Waals surface area contributed by atoms with E-state index in [0.717, 1.165) is 0 Å². The molecule has 0 saturated heterocycles. The van der Waals surface area contributed by atoms with Crippen molar-refractivity contribution in [2.45, 2.75) is 0 Å². The molecule has 25 heavy (non-hydrogen) atoms. The van der Waals surface area contributed by atoms with Gasteiger partial charge in [0.15, 0.2) is 11.5 Å². The Morgan fingerprint density at radius 3 is 2.92 bits per heavy atom. The number of hydrogen-bond acceptors (Lipinski definition) is 6. The zero-order chi connectivity index (χ0) is 18.0. The number of halogens is 1. The normalized spacial score (nSPS) is 11.2. The zero-order valence-corrected chi connectivity index (χ0v) is 14.3. The molecule has 8 heteroatoms. The molecule has 0 amide bonds. The van der Waals surface area contributed by atoms with Crippen molar-refractivity contribution in [1.82, 2.24) is 4.98 Å². The maximum atomic E-state index is 12.2. The summed E-state index contributed by atoms with van der Waals surface area (Å²) in [6.45, 7) is 0. The third-order valence-corrected chi connectivity index (χ3v) is 3.83. The van der Waals surface area contributed by atoms with Gasteiger partial charge in [0.2, 0.25) is 17.5 Å². The summed E-state index contributed by atoms with van der Waals surface area (Å²) in [6.07, 6.45) is 2.77. The second-order valence-electron chi connectivity index (χ2n) is 5.22. The lowest BCUT2D eigenvalue weighted by Crippen LogP contribution is -2.29. The number of phenols is 1. The minimum Gasteiger partial charge on any atom is -0.618 e. The number of benzene rings is 2. The standard InChI is InChI=1S/C17H15ClN4O3/c1-21(19-9-11-4-3-5-15(25-2)17(11)23)16-10-22(24)14-8-12(18)6-7-13(14)20-16/h3-10,23H,1-2H3/b19-9+. The highest BCUT2D eigenvalue weighted by atomic mass is 35.5. The molecule has 0 aliphatic heterocycles. The number of phenolic OH excluding ortho intramolecular Hbond substituents is 1. The third-order valence-electron chi connectivity index (χ3n) is 3.59. The summed E-state index contributed by atoms with van der Waals surface area (Å²) in [5.41, 5.74) is 1.36. The maximum absolute atomic E-state index is 12.2. The Balaban J connectivity index is 1.92. The molecule has 7 nitrogen and oxygen atoms in total. The molecule has 0 aliphatic carbocycles. The molecule has 1 heterocycles. The van der Waals surface area contributed by atoms with Crippen LogP contribution in [-0.4, -0.2) is 30.5 Å². The number of aromatic hydroxyl groups is 1. The second-order valence-corrected chi connectivity index (χ2v) is 5.66. The minimum atomic E-state index is -0.0119. The van der Waals surface area contributed by atoms with Gasteiger partial charge < -0.3 is 15.1 Å². The van der Waals surface area contributed by atoms with Gasteiger partial charge in [-0.2, -0.15) is 9.83 Å². The highest BCUT2D eigenvalue weighted by molar-refractivity contribution is 6.31. The molecule has 0 atom stereocenters. The smallest absolute Gasteiger partial charge is 0.244 e. The molecule has 0 spiro atoms. The van der Waals surface area contributed by atoms with Crippen LogP contribution >= 0.6 is 11.6 Å². The van der Waals surface area contributed by atoms with E-state index in [4.69, 9.17) is 16.3 Å². The van der Waals surface area contributed by atoms with Gasteiger partial charge in [-0.1, -0.05) is 17.7 Å². The van der Waals surface area contributed by atoms with Gasteiger partial charge in [0, 0.05) is 23.7 Å². The van der Waals surface area contributed by atoms with Gasteiger partial charge >= 0.3 is 0 Å². The Hall–Kier alpha value is -3.06. The van der Waals surface area contributed by atoms with E-state index in [0.29, 0.717) is 37.9 Å². The van der Waals surface area contributed by atoms with E-state index in [1.165, 1.54) is 24.5 Å². The number of nitrogens with zero attached hydrogens (tertiary/aromatic N) is 4. The van der Waals surface area contributed by atoms with Crippen LogP contribution in [0.1, 0.15) is 5.56 Å². The Labute approximate surface area is 148 Å². The number of methoxy groups -OCH3 is 1. The molecule has 1 aromatic heterocycles. The average Bonchev–Trinajstić information content (AvgIpc) is 2.61. The van der Waals surface area contributed by atoms with Crippen LogP contribution < -0.4 is 14.5 Å². The van der Waals surface area contributed by atoms with Gasteiger partial charge in [-0.05, 0) is 24.3 Å². The van der Waals surface area contributed by atoms with Gasteiger partial charge in [0.25, 0.3) is 0 Å². The van der Waals surface area contributed by atoms with Crippen LogP contribution in [-0.2, 0) is 0 Å². The highest BCUT2D eigenvalue weighted by Crippen LogP contribution is 2.28. The molecule has 0 unspecified atom stereocenters. The van der Waals surface area contributed by atoms with Crippen molar-refractivity contribution in [3.63, 3.8) is 0 Å². The first-order valence-corrected chi connectivity index (χ1v) is 7.70. The van der Waals surface area contributed by atoms with E-state index < -0.39 is 0 Å². The molecule has 0 aliphatic rings. The van der Waals surface area contributed by atoms with E-state index in [1.807, 2.05) is 0 Å². The molecule has 128 valence electrons. The molecule has 1 N–H and O–H groups in total. The van der Waals surface area contributed by atoms with Crippen molar-refractivity contribution < 1.29 is 14.6 Å². The lowest BCUT2D eigenvalue weighted by Gasteiger charge is -2.12. The number of anilines is 1. The monoisotopic (exact) mass is 358 g/mol. The largest absolute Gasteiger partial charge is 0.618 e. The summed E-state index contributed by atoms with van der Waals surface area (Å²) in [4.78, 5) is 4.39. The minimum absolute atomic E-state index is 0.0119. The molecule has 0 bridgehead atoms. The lowest BCUT2D eigenvalue weighted by molar-refractivity contribution is -0.576. The Kier molecular flexibility index (Phi) is 4.58. The number of rotatable bonds is 4. The summed E-state index contributed by atoms with van der Waals surface area (Å²) in [5, 5.41) is 28.3. The second kappa shape index (κ2) is 6.82. The first-order chi connectivity index (χ1) is 12.0. The molecular formula is C17H15ClN4O3. The molecule has 0 radical (unpaired) electrons. The van der Waals surface area contributed by atoms with Crippen molar-refractivity contribution in [3.05, 3.63) is 58.4 Å². The summed E-state index contributed by atoms with van der Waals surface area (Å²) in [5.74, 6) is 0.690. The summed E-state index contributed by atoms with van der Waals surface area (Å²) < 4.78 is 5.75. The Morgan fingerprint density at radius 2 is 2.16 bits per heavy atom. The first-order valence-electron chi connectivity index (χ1n) is 7.32. The Morgan fingerprint density at radius 1 is 1.36 bits per heavy atom. The number of fused-ring (bicyclic) bond motifs is 1. The lowest BCUT2D eigenvalue weighted by atomic mass is 10.2. The van der Waals surface area contributed by atoms with Crippen molar-refractivity contribution in [1.29, 1.82) is 0 Å². The summed E-state index contributed by atoms with van der Waals surface area (Å²) in [6, 6.07) is 9.96. The number of aromatic nitrogens is 2. The number of hydrazone groups is 1. The summed E-state index contributed by atoms with van der Waals surface area (Å²) in [7, 11) is 3.12. The highest BCUT2D eigenvalue weighted by Gasteiger charge is 2.12. The molecule has 2 aromatic carbocycles. The van der Waals surface area contributed by atoms with Crippen LogP contribution in [0.2, 0.25) is 5.02 Å². The number of hydrogen-bond donors (Lipinski definition) is 1. The van der Waals surface area contributed by atoms with Crippen LogP contribution in [0.15, 0.2) is 47.7 Å². The van der Waals surface area contributed by atoms with E-state index in [1.54, 1.807) is 43.4 Å². The maximum Gasteiger partial charge on any atom is 0.244 e. The first kappa shape index (κ1) is 16.8. The fourth-order valence-corrected chi connectivity index (χ4v) is 2.43. The van der Waals surface area contributed by atoms with E-state index in [2.05, 4.69) is 10.1 Å². The fraction of sp³-hybridized carbons (Fsp3) is 0.118. The zero-order valence-electron chi connectivity index (χ0n) is 13.5. The topological polar surface area (TPSA) is 84.9 Å². The van der Waals surface area contributed by atoms with Gasteiger partial charge in [0.05, 0.1) is 13.3 Å². The van der Waals surface area contributed by atoms with Gasteiger partial charge in [-0.15, -0.1) is 0 Å². The van der Waals surface area contributed by atoms with Crippen molar-refractivity contribution >= 4 is 34.7 Å². The predicted octanol–water partition coefficient (Wildman–Crippen LogP) is 2.71. The molecule has 3 rings (SSSR count). The van der Waals surface area contributed by atoms with Crippen LogP contribution in [0.3, 0.4) is 0 Å². The number of para-hydroxylation sites is 1. The quantitative estimate of drug-likeness (QED) is 0.335. The summed E-state index contributed by atoms with van der Waals surface area (Å²) >= 11 is 5.90. The van der Waals surface area contributed by atoms with Crippen LogP contribution in [0.4, 0.5) is 5.82 Å². The van der Waals surface area contributed by atoms with Crippen molar-refractivity contribution in [2.24, 2.45) is 5.10 Å². The van der Waals surface area contributed by atoms with Crippen molar-refractivity contribution in [2.75, 3.05) is 19.2 Å². The Bertz CT molecular complexity index is 962. The van der Waals surface area contributed by atoms with Gasteiger partial charge in [-0.25, -0.2) is 9.99 Å². The fourth-order valence-electron chi connectivity index (χ4n) is 2.27. The van der Waals surface area contributed by atoms with Gasteiger partial charge in [0.1, 0.15) is 5.52 Å². The van der Waals surface area contributed by atoms with E-state index >= 15 is 0 Å². The van der Waals surface area contributed by atoms with E-state index in [9.17, 15) is 10.3 Å². The molecule has 0 saturated carbocycles. The number of ether oxygens (including phenoxy) is 1. The molecule has 3 aromatic rings. The average molecular weight is 359 g/mol. The van der Waals surface area contributed by atoms with Crippen molar-refractivity contribution in [3.8, 4) is 11.5 Å². The predicted molar refractivity (Wildman–Crippen MR) is 96.4 cm³/mol. The van der Waals surface area contributed by atoms with Crippen LogP contribution in [0.5, 0.6) is 11.5 Å². The van der Waals surface area contributed by atoms with Gasteiger partial charge in [-0.3, -0.25) is 0 Å². The molecular weight excluding hydrogens is 344 g/mol. The van der Waals surface area contributed by atoms with Crippen LogP contribution in [0.25, 0.3) is 11.0 Å². The van der Waals surface area contributed by atoms with Crippen LogP contribution in [0, 0.1) is 5.21 Å². The SMILES string of the molecule is COc1cccc(/C=N/N(C)c2c[n+]([O-])c3cc(Cl)ccc3n2)c1O. The van der Waals surface area contributed by atoms with E-state index in [-0.39, 0.29) is 5.75 Å². The molecule has 0 fully saturated rings. The third kappa shape index (κ3) is 3.41.